The smallest absolute Gasteiger partial charge is 0.256 e. The zero-order chi connectivity index (χ0) is 18.1. The molecular formula is C20H13FN2O3. The van der Waals surface area contributed by atoms with Crippen LogP contribution in [0.3, 0.4) is 0 Å². The highest BCUT2D eigenvalue weighted by Crippen LogP contribution is 2.34. The molecule has 0 atom stereocenters. The molecule has 26 heavy (non-hydrogen) atoms. The third kappa shape index (κ3) is 3.00. The summed E-state index contributed by atoms with van der Waals surface area (Å²) in [7, 11) is 0. The summed E-state index contributed by atoms with van der Waals surface area (Å²) in [5, 5.41) is 5.39. The minimum atomic E-state index is -0.435. The zero-order valence-corrected chi connectivity index (χ0v) is 13.5. The number of hydrogen-bond acceptors (Lipinski definition) is 3. The molecule has 4 rings (SSSR count). The van der Waals surface area contributed by atoms with E-state index in [2.05, 4.69) is 10.6 Å². The van der Waals surface area contributed by atoms with Crippen LogP contribution in [0, 0.1) is 5.82 Å². The molecule has 0 saturated carbocycles. The van der Waals surface area contributed by atoms with E-state index in [-0.39, 0.29) is 5.91 Å². The Morgan fingerprint density at radius 2 is 2.00 bits per heavy atom. The van der Waals surface area contributed by atoms with Crippen LogP contribution in [-0.2, 0) is 4.79 Å². The molecule has 2 N–H and O–H groups in total. The summed E-state index contributed by atoms with van der Waals surface area (Å²) in [5.41, 5.74) is 2.36. The molecule has 5 nitrogen and oxygen atoms in total. The summed E-state index contributed by atoms with van der Waals surface area (Å²) >= 11 is 0. The lowest BCUT2D eigenvalue weighted by atomic mass is 10.0. The maximum absolute atomic E-state index is 13.3. The van der Waals surface area contributed by atoms with Gasteiger partial charge >= 0.3 is 0 Å². The van der Waals surface area contributed by atoms with Crippen LogP contribution in [0.1, 0.15) is 21.7 Å². The van der Waals surface area contributed by atoms with E-state index < -0.39 is 11.7 Å². The van der Waals surface area contributed by atoms with Crippen molar-refractivity contribution in [2.24, 2.45) is 0 Å². The van der Waals surface area contributed by atoms with Gasteiger partial charge in [-0.3, -0.25) is 9.59 Å². The number of benzene rings is 2. The molecule has 1 aliphatic rings. The lowest BCUT2D eigenvalue weighted by molar-refractivity contribution is -0.110. The summed E-state index contributed by atoms with van der Waals surface area (Å²) in [5.74, 6) is -0.554. The van der Waals surface area contributed by atoms with E-state index in [1.807, 2.05) is 0 Å². The molecule has 0 saturated heterocycles. The zero-order valence-electron chi connectivity index (χ0n) is 13.5. The van der Waals surface area contributed by atoms with Gasteiger partial charge in [-0.05, 0) is 54.6 Å². The fourth-order valence-corrected chi connectivity index (χ4v) is 2.76. The minimum absolute atomic E-state index is 0.265. The number of nitrogens with one attached hydrogen (secondary N) is 2. The SMILES string of the molecule is O=C1Nc2ccc(C(=O)Nc3cccc(F)c3)cc2/C1=C/c1ccco1. The van der Waals surface area contributed by atoms with Crippen LogP contribution in [0.5, 0.6) is 0 Å². The Morgan fingerprint density at radius 3 is 2.77 bits per heavy atom. The lowest BCUT2D eigenvalue weighted by Gasteiger charge is -2.07. The molecular weight excluding hydrogens is 335 g/mol. The van der Waals surface area contributed by atoms with E-state index in [9.17, 15) is 14.0 Å². The van der Waals surface area contributed by atoms with Gasteiger partial charge in [0.25, 0.3) is 11.8 Å². The monoisotopic (exact) mass is 348 g/mol. The summed E-state index contributed by atoms with van der Waals surface area (Å²) in [6.45, 7) is 0. The number of fused-ring (bicyclic) bond motifs is 1. The molecule has 0 unspecified atom stereocenters. The van der Waals surface area contributed by atoms with Crippen LogP contribution >= 0.6 is 0 Å². The van der Waals surface area contributed by atoms with E-state index in [4.69, 9.17) is 4.42 Å². The molecule has 2 aromatic carbocycles. The predicted octanol–water partition coefficient (Wildman–Crippen LogP) is 4.16. The number of amides is 2. The average molecular weight is 348 g/mol. The first-order valence-electron chi connectivity index (χ1n) is 7.88. The van der Waals surface area contributed by atoms with Gasteiger partial charge in [0.15, 0.2) is 0 Å². The van der Waals surface area contributed by atoms with Crippen molar-refractivity contribution in [3.8, 4) is 0 Å². The van der Waals surface area contributed by atoms with Gasteiger partial charge < -0.3 is 15.1 Å². The molecule has 2 amide bonds. The number of halogens is 1. The quantitative estimate of drug-likeness (QED) is 0.698. The molecule has 128 valence electrons. The maximum Gasteiger partial charge on any atom is 0.256 e. The van der Waals surface area contributed by atoms with Crippen molar-refractivity contribution in [3.05, 3.63) is 83.6 Å². The van der Waals surface area contributed by atoms with Crippen molar-refractivity contribution in [2.45, 2.75) is 0 Å². The molecule has 0 spiro atoms. The van der Waals surface area contributed by atoms with E-state index in [1.165, 1.54) is 24.5 Å². The van der Waals surface area contributed by atoms with Crippen molar-refractivity contribution in [2.75, 3.05) is 10.6 Å². The number of carbonyl (C=O) groups is 2. The van der Waals surface area contributed by atoms with Crippen LogP contribution in [0.15, 0.2) is 65.3 Å². The minimum Gasteiger partial charge on any atom is -0.465 e. The number of hydrogen-bond donors (Lipinski definition) is 2. The van der Waals surface area contributed by atoms with Crippen molar-refractivity contribution >= 4 is 34.8 Å². The van der Waals surface area contributed by atoms with Gasteiger partial charge in [-0.2, -0.15) is 0 Å². The van der Waals surface area contributed by atoms with Gasteiger partial charge in [-0.1, -0.05) is 6.07 Å². The van der Waals surface area contributed by atoms with E-state index in [0.717, 1.165) is 0 Å². The van der Waals surface area contributed by atoms with Crippen molar-refractivity contribution in [1.82, 2.24) is 0 Å². The van der Waals surface area contributed by atoms with Crippen LogP contribution in [0.2, 0.25) is 0 Å². The summed E-state index contributed by atoms with van der Waals surface area (Å²) in [6.07, 6.45) is 3.14. The Labute approximate surface area is 148 Å². The van der Waals surface area contributed by atoms with E-state index in [1.54, 1.807) is 42.5 Å². The Balaban J connectivity index is 1.65. The Morgan fingerprint density at radius 1 is 1.12 bits per heavy atom. The van der Waals surface area contributed by atoms with Gasteiger partial charge in [-0.15, -0.1) is 0 Å². The van der Waals surface area contributed by atoms with Crippen LogP contribution < -0.4 is 10.6 Å². The van der Waals surface area contributed by atoms with Crippen LogP contribution in [0.25, 0.3) is 11.6 Å². The second-order valence-electron chi connectivity index (χ2n) is 5.75. The standard InChI is InChI=1S/C20H13FN2O3/c21-13-3-1-4-14(10-13)22-19(24)12-6-7-18-16(9-12)17(20(25)23-18)11-15-5-2-8-26-15/h1-11H,(H,22,24)(H,23,25)/b17-11-. The molecule has 0 bridgehead atoms. The molecule has 0 radical (unpaired) electrons. The Bertz CT molecular complexity index is 1040. The maximum atomic E-state index is 13.3. The first-order valence-corrected chi connectivity index (χ1v) is 7.88. The van der Waals surface area contributed by atoms with Gasteiger partial charge in [0, 0.05) is 22.5 Å². The highest BCUT2D eigenvalue weighted by molar-refractivity contribution is 6.35. The van der Waals surface area contributed by atoms with E-state index in [0.29, 0.717) is 33.8 Å². The first kappa shape index (κ1) is 15.8. The normalized spacial score (nSPS) is 14.2. The van der Waals surface area contributed by atoms with Crippen molar-refractivity contribution in [1.29, 1.82) is 0 Å². The van der Waals surface area contributed by atoms with Crippen molar-refractivity contribution < 1.29 is 18.4 Å². The number of anilines is 2. The molecule has 1 aliphatic heterocycles. The van der Waals surface area contributed by atoms with Gasteiger partial charge in [0.1, 0.15) is 11.6 Å². The second-order valence-corrected chi connectivity index (χ2v) is 5.75. The fourth-order valence-electron chi connectivity index (χ4n) is 2.76. The topological polar surface area (TPSA) is 71.3 Å². The molecule has 0 aliphatic carbocycles. The van der Waals surface area contributed by atoms with Gasteiger partial charge in [0.05, 0.1) is 11.8 Å². The largest absolute Gasteiger partial charge is 0.465 e. The Kier molecular flexibility index (Phi) is 3.85. The van der Waals surface area contributed by atoms with Crippen molar-refractivity contribution in [3.63, 3.8) is 0 Å². The van der Waals surface area contributed by atoms with E-state index >= 15 is 0 Å². The molecule has 3 aromatic rings. The van der Waals surface area contributed by atoms with Crippen LogP contribution in [-0.4, -0.2) is 11.8 Å². The number of rotatable bonds is 3. The summed E-state index contributed by atoms with van der Waals surface area (Å²) in [4.78, 5) is 24.7. The predicted molar refractivity (Wildman–Crippen MR) is 96.0 cm³/mol. The molecule has 0 fully saturated rings. The summed E-state index contributed by atoms with van der Waals surface area (Å²) in [6, 6.07) is 14.0. The van der Waals surface area contributed by atoms with Gasteiger partial charge in [0.2, 0.25) is 0 Å². The molecule has 1 aromatic heterocycles. The number of carbonyl (C=O) groups excluding carboxylic acids is 2. The molecule has 2 heterocycles. The van der Waals surface area contributed by atoms with Crippen LogP contribution in [0.4, 0.5) is 15.8 Å². The highest BCUT2D eigenvalue weighted by atomic mass is 19.1. The lowest BCUT2D eigenvalue weighted by Crippen LogP contribution is -2.12. The Hall–Kier alpha value is -3.67. The molecule has 6 heteroatoms. The fraction of sp³-hybridized carbons (Fsp3) is 0. The average Bonchev–Trinajstić information content (AvgIpc) is 3.23. The first-order chi connectivity index (χ1) is 12.6. The number of furan rings is 1. The van der Waals surface area contributed by atoms with Gasteiger partial charge in [-0.25, -0.2) is 4.39 Å². The third-order valence-corrected chi connectivity index (χ3v) is 3.98. The summed E-state index contributed by atoms with van der Waals surface area (Å²) < 4.78 is 18.5. The highest BCUT2D eigenvalue weighted by Gasteiger charge is 2.25. The second kappa shape index (κ2) is 6.33. The third-order valence-electron chi connectivity index (χ3n) is 3.98.